The molecule has 0 spiro atoms. The summed E-state index contributed by atoms with van der Waals surface area (Å²) in [6, 6.07) is 1.38. The maximum absolute atomic E-state index is 13.1. The fourth-order valence-electron chi connectivity index (χ4n) is 1.08. The average Bonchev–Trinajstić information content (AvgIpc) is 2.14. The lowest BCUT2D eigenvalue weighted by Gasteiger charge is -2.08. The van der Waals surface area contributed by atoms with E-state index in [2.05, 4.69) is 11.6 Å². The molecule has 76 valence electrons. The molecule has 1 aromatic rings. The monoisotopic (exact) mass is 195 g/mol. The largest absolute Gasteiger partial charge is 0.491 e. The van der Waals surface area contributed by atoms with Crippen LogP contribution in [0.4, 0.5) is 4.39 Å². The molecule has 1 rings (SSSR count). The standard InChI is InChI=1S/C11H14FNO/c1-4-5-6-14-11-7-10(12)8(2)13-9(11)3/h4,7H,1,5-6H2,2-3H3. The van der Waals surface area contributed by atoms with Gasteiger partial charge in [0.1, 0.15) is 11.6 Å². The van der Waals surface area contributed by atoms with Crippen LogP contribution < -0.4 is 4.74 Å². The fraction of sp³-hybridized carbons (Fsp3) is 0.364. The molecule has 14 heavy (non-hydrogen) atoms. The zero-order valence-corrected chi connectivity index (χ0v) is 8.51. The van der Waals surface area contributed by atoms with Gasteiger partial charge in [-0.15, -0.1) is 6.58 Å². The number of pyridine rings is 1. The Bertz CT molecular complexity index is 336. The topological polar surface area (TPSA) is 22.1 Å². The first-order chi connectivity index (χ1) is 6.65. The molecule has 0 aliphatic carbocycles. The van der Waals surface area contributed by atoms with Crippen molar-refractivity contribution in [1.82, 2.24) is 4.98 Å². The number of hydrogen-bond acceptors (Lipinski definition) is 2. The number of aryl methyl sites for hydroxylation is 2. The number of halogens is 1. The Balaban J connectivity index is 2.76. The van der Waals surface area contributed by atoms with E-state index in [0.717, 1.165) is 6.42 Å². The predicted octanol–water partition coefficient (Wildman–Crippen LogP) is 2.79. The number of aromatic nitrogens is 1. The zero-order chi connectivity index (χ0) is 10.6. The second kappa shape index (κ2) is 4.74. The Hall–Kier alpha value is -1.38. The molecule has 0 unspecified atom stereocenters. The minimum absolute atomic E-state index is 0.329. The van der Waals surface area contributed by atoms with Crippen molar-refractivity contribution in [3.8, 4) is 5.75 Å². The Morgan fingerprint density at radius 3 is 2.86 bits per heavy atom. The van der Waals surface area contributed by atoms with E-state index >= 15 is 0 Å². The van der Waals surface area contributed by atoms with E-state index in [-0.39, 0.29) is 5.82 Å². The normalized spacial score (nSPS) is 9.93. The Morgan fingerprint density at radius 1 is 1.50 bits per heavy atom. The third kappa shape index (κ3) is 2.55. The van der Waals surface area contributed by atoms with E-state index in [1.165, 1.54) is 6.07 Å². The lowest BCUT2D eigenvalue weighted by atomic mass is 10.3. The molecule has 1 aromatic heterocycles. The molecule has 0 aliphatic heterocycles. The molecule has 0 atom stereocenters. The third-order valence-electron chi connectivity index (χ3n) is 1.87. The molecule has 2 nitrogen and oxygen atoms in total. The summed E-state index contributed by atoms with van der Waals surface area (Å²) in [5.74, 6) is 0.180. The number of hydrogen-bond donors (Lipinski definition) is 0. The minimum Gasteiger partial charge on any atom is -0.491 e. The maximum Gasteiger partial charge on any atom is 0.148 e. The molecule has 0 aliphatic rings. The smallest absolute Gasteiger partial charge is 0.148 e. The molecule has 0 saturated carbocycles. The van der Waals surface area contributed by atoms with Crippen molar-refractivity contribution in [2.45, 2.75) is 20.3 Å². The van der Waals surface area contributed by atoms with Gasteiger partial charge in [-0.25, -0.2) is 4.39 Å². The van der Waals surface area contributed by atoms with Gasteiger partial charge in [-0.1, -0.05) is 6.08 Å². The van der Waals surface area contributed by atoms with Gasteiger partial charge < -0.3 is 4.74 Å². The Kier molecular flexibility index (Phi) is 3.63. The second-order valence-corrected chi connectivity index (χ2v) is 3.06. The van der Waals surface area contributed by atoms with E-state index in [1.54, 1.807) is 19.9 Å². The molecule has 0 bridgehead atoms. The van der Waals surface area contributed by atoms with Crippen LogP contribution in [0.15, 0.2) is 18.7 Å². The summed E-state index contributed by atoms with van der Waals surface area (Å²) < 4.78 is 18.4. The average molecular weight is 195 g/mol. The summed E-state index contributed by atoms with van der Waals surface area (Å²) in [4.78, 5) is 4.03. The van der Waals surface area contributed by atoms with Crippen LogP contribution in [-0.4, -0.2) is 11.6 Å². The van der Waals surface area contributed by atoms with Crippen molar-refractivity contribution in [3.05, 3.63) is 35.9 Å². The summed E-state index contributed by atoms with van der Waals surface area (Å²) in [6.45, 7) is 7.52. The highest BCUT2D eigenvalue weighted by molar-refractivity contribution is 5.29. The molecular weight excluding hydrogens is 181 g/mol. The second-order valence-electron chi connectivity index (χ2n) is 3.06. The molecule has 0 aromatic carbocycles. The van der Waals surface area contributed by atoms with Crippen LogP contribution >= 0.6 is 0 Å². The van der Waals surface area contributed by atoms with Crippen molar-refractivity contribution in [1.29, 1.82) is 0 Å². The van der Waals surface area contributed by atoms with Crippen LogP contribution in [0.5, 0.6) is 5.75 Å². The molecule has 0 saturated heterocycles. The van der Waals surface area contributed by atoms with E-state index in [4.69, 9.17) is 4.74 Å². The summed E-state index contributed by atoms with van der Waals surface area (Å²) in [6.07, 6.45) is 2.50. The van der Waals surface area contributed by atoms with Gasteiger partial charge in [0.25, 0.3) is 0 Å². The van der Waals surface area contributed by atoms with Gasteiger partial charge in [-0.2, -0.15) is 0 Å². The summed E-state index contributed by atoms with van der Waals surface area (Å²) in [5, 5.41) is 0. The van der Waals surface area contributed by atoms with E-state index < -0.39 is 0 Å². The van der Waals surface area contributed by atoms with Crippen molar-refractivity contribution >= 4 is 0 Å². The molecule has 0 radical (unpaired) electrons. The summed E-state index contributed by atoms with van der Waals surface area (Å²) >= 11 is 0. The lowest BCUT2D eigenvalue weighted by Crippen LogP contribution is -2.01. The minimum atomic E-state index is -0.329. The van der Waals surface area contributed by atoms with Gasteiger partial charge in [0.05, 0.1) is 18.0 Å². The van der Waals surface area contributed by atoms with E-state index in [9.17, 15) is 4.39 Å². The number of nitrogens with zero attached hydrogens (tertiary/aromatic N) is 1. The molecule has 0 fully saturated rings. The van der Waals surface area contributed by atoms with Crippen LogP contribution in [0, 0.1) is 19.7 Å². The quantitative estimate of drug-likeness (QED) is 0.544. The highest BCUT2D eigenvalue weighted by atomic mass is 19.1. The molecular formula is C11H14FNO. The zero-order valence-electron chi connectivity index (χ0n) is 8.51. The van der Waals surface area contributed by atoms with Gasteiger partial charge >= 0.3 is 0 Å². The van der Waals surface area contributed by atoms with Crippen molar-refractivity contribution in [2.75, 3.05) is 6.61 Å². The lowest BCUT2D eigenvalue weighted by molar-refractivity contribution is 0.318. The first kappa shape index (κ1) is 10.7. The van der Waals surface area contributed by atoms with E-state index in [1.807, 2.05) is 0 Å². The van der Waals surface area contributed by atoms with Crippen LogP contribution in [0.1, 0.15) is 17.8 Å². The van der Waals surface area contributed by atoms with Crippen molar-refractivity contribution in [3.63, 3.8) is 0 Å². The van der Waals surface area contributed by atoms with Crippen molar-refractivity contribution in [2.24, 2.45) is 0 Å². The van der Waals surface area contributed by atoms with Gasteiger partial charge in [0, 0.05) is 6.07 Å². The third-order valence-corrected chi connectivity index (χ3v) is 1.87. The van der Waals surface area contributed by atoms with Gasteiger partial charge in [0.15, 0.2) is 0 Å². The highest BCUT2D eigenvalue weighted by Gasteiger charge is 2.05. The molecule has 3 heteroatoms. The predicted molar refractivity (Wildman–Crippen MR) is 54.0 cm³/mol. The highest BCUT2D eigenvalue weighted by Crippen LogP contribution is 2.18. The van der Waals surface area contributed by atoms with Crippen LogP contribution in [0.2, 0.25) is 0 Å². The summed E-state index contributed by atoms with van der Waals surface area (Å²) in [7, 11) is 0. The van der Waals surface area contributed by atoms with Crippen LogP contribution in [0.3, 0.4) is 0 Å². The van der Waals surface area contributed by atoms with Gasteiger partial charge in [-0.3, -0.25) is 4.98 Å². The van der Waals surface area contributed by atoms with E-state index in [0.29, 0.717) is 23.7 Å². The molecule has 0 amide bonds. The number of rotatable bonds is 4. The van der Waals surface area contributed by atoms with Gasteiger partial charge in [0.2, 0.25) is 0 Å². The van der Waals surface area contributed by atoms with Gasteiger partial charge in [-0.05, 0) is 20.3 Å². The fourth-order valence-corrected chi connectivity index (χ4v) is 1.08. The van der Waals surface area contributed by atoms with Crippen LogP contribution in [-0.2, 0) is 0 Å². The Morgan fingerprint density at radius 2 is 2.21 bits per heavy atom. The Labute approximate surface area is 83.4 Å². The maximum atomic E-state index is 13.1. The summed E-state index contributed by atoms with van der Waals surface area (Å²) in [5.41, 5.74) is 1.12. The number of ether oxygens (including phenoxy) is 1. The molecule has 0 N–H and O–H groups in total. The SMILES string of the molecule is C=CCCOc1cc(F)c(C)nc1C. The first-order valence-corrected chi connectivity index (χ1v) is 4.52. The van der Waals surface area contributed by atoms with Crippen molar-refractivity contribution < 1.29 is 9.13 Å². The van der Waals surface area contributed by atoms with Crippen LogP contribution in [0.25, 0.3) is 0 Å². The molecule has 1 heterocycles. The first-order valence-electron chi connectivity index (χ1n) is 4.52.